The van der Waals surface area contributed by atoms with Crippen molar-refractivity contribution in [1.82, 2.24) is 10.6 Å². The van der Waals surface area contributed by atoms with Crippen molar-refractivity contribution in [2.75, 3.05) is 13.1 Å². The average Bonchev–Trinajstić information content (AvgIpc) is 2.90. The molecule has 1 atom stereocenters. The van der Waals surface area contributed by atoms with Crippen molar-refractivity contribution in [3.63, 3.8) is 0 Å². The van der Waals surface area contributed by atoms with Gasteiger partial charge in [-0.3, -0.25) is 4.79 Å². The zero-order chi connectivity index (χ0) is 13.9. The van der Waals surface area contributed by atoms with Gasteiger partial charge < -0.3 is 15.7 Å². The SMILES string of the molecule is CCC1(C(=O)NCC2(O)CCC(C)CC2)CCCN1. The number of rotatable bonds is 4. The third kappa shape index (κ3) is 3.29. The fraction of sp³-hybridized carbons (Fsp3) is 0.933. The molecule has 4 nitrogen and oxygen atoms in total. The molecule has 2 aliphatic rings. The third-order valence-corrected chi connectivity index (χ3v) is 5.06. The normalized spacial score (nSPS) is 39.2. The molecule has 0 aromatic carbocycles. The Kier molecular flexibility index (Phi) is 4.51. The summed E-state index contributed by atoms with van der Waals surface area (Å²) in [6.45, 7) is 5.60. The summed E-state index contributed by atoms with van der Waals surface area (Å²) in [5.74, 6) is 0.772. The van der Waals surface area contributed by atoms with Gasteiger partial charge in [-0.15, -0.1) is 0 Å². The number of hydrogen-bond donors (Lipinski definition) is 3. The third-order valence-electron chi connectivity index (χ3n) is 5.06. The number of nitrogens with one attached hydrogen (secondary N) is 2. The van der Waals surface area contributed by atoms with Crippen molar-refractivity contribution >= 4 is 5.91 Å². The molecule has 19 heavy (non-hydrogen) atoms. The van der Waals surface area contributed by atoms with E-state index in [1.54, 1.807) is 0 Å². The van der Waals surface area contributed by atoms with Gasteiger partial charge in [0.15, 0.2) is 0 Å². The summed E-state index contributed by atoms with van der Waals surface area (Å²) in [7, 11) is 0. The van der Waals surface area contributed by atoms with E-state index >= 15 is 0 Å². The van der Waals surface area contributed by atoms with Crippen LogP contribution in [0.1, 0.15) is 58.8 Å². The summed E-state index contributed by atoms with van der Waals surface area (Å²) in [4.78, 5) is 12.4. The lowest BCUT2D eigenvalue weighted by molar-refractivity contribution is -0.129. The lowest BCUT2D eigenvalue weighted by atomic mass is 9.79. The zero-order valence-corrected chi connectivity index (χ0v) is 12.3. The van der Waals surface area contributed by atoms with Crippen LogP contribution in [0.5, 0.6) is 0 Å². The number of aliphatic hydroxyl groups is 1. The summed E-state index contributed by atoms with van der Waals surface area (Å²) in [6, 6.07) is 0. The molecule has 3 N–H and O–H groups in total. The fourth-order valence-corrected chi connectivity index (χ4v) is 3.35. The van der Waals surface area contributed by atoms with E-state index < -0.39 is 11.1 Å². The van der Waals surface area contributed by atoms with E-state index in [1.165, 1.54) is 0 Å². The van der Waals surface area contributed by atoms with Crippen LogP contribution >= 0.6 is 0 Å². The van der Waals surface area contributed by atoms with Gasteiger partial charge in [-0.1, -0.05) is 13.8 Å². The highest BCUT2D eigenvalue weighted by Crippen LogP contribution is 2.31. The minimum Gasteiger partial charge on any atom is -0.388 e. The molecule has 1 heterocycles. The summed E-state index contributed by atoms with van der Waals surface area (Å²) in [6.07, 6.45) is 6.51. The molecule has 110 valence electrons. The largest absolute Gasteiger partial charge is 0.388 e. The van der Waals surface area contributed by atoms with Crippen molar-refractivity contribution in [2.24, 2.45) is 5.92 Å². The van der Waals surface area contributed by atoms with Crippen LogP contribution in [0.4, 0.5) is 0 Å². The first-order chi connectivity index (χ1) is 9.00. The van der Waals surface area contributed by atoms with Gasteiger partial charge in [0.1, 0.15) is 0 Å². The molecule has 0 aromatic rings. The number of amides is 1. The predicted octanol–water partition coefficient (Wildman–Crippen LogP) is 1.58. The fourth-order valence-electron chi connectivity index (χ4n) is 3.35. The molecule has 2 rings (SSSR count). The van der Waals surface area contributed by atoms with Gasteiger partial charge >= 0.3 is 0 Å². The second-order valence-electron chi connectivity index (χ2n) is 6.56. The van der Waals surface area contributed by atoms with Gasteiger partial charge in [0.05, 0.1) is 11.1 Å². The van der Waals surface area contributed by atoms with Crippen LogP contribution in [0.3, 0.4) is 0 Å². The molecular weight excluding hydrogens is 240 g/mol. The molecule has 0 bridgehead atoms. The number of carbonyl (C=O) groups excluding carboxylic acids is 1. The molecule has 0 spiro atoms. The monoisotopic (exact) mass is 268 g/mol. The standard InChI is InChI=1S/C15H28N2O2/c1-3-15(7-4-10-17-15)13(18)16-11-14(19)8-5-12(2)6-9-14/h12,17,19H,3-11H2,1-2H3,(H,16,18). The molecule has 1 aliphatic heterocycles. The maximum Gasteiger partial charge on any atom is 0.240 e. The molecule has 4 heteroatoms. The van der Waals surface area contributed by atoms with Crippen molar-refractivity contribution in [2.45, 2.75) is 69.9 Å². The molecule has 1 aliphatic carbocycles. The predicted molar refractivity (Wildman–Crippen MR) is 75.9 cm³/mol. The van der Waals surface area contributed by atoms with E-state index in [4.69, 9.17) is 0 Å². The first-order valence-corrected chi connectivity index (χ1v) is 7.75. The highest BCUT2D eigenvalue weighted by molar-refractivity contribution is 5.86. The van der Waals surface area contributed by atoms with Crippen molar-refractivity contribution < 1.29 is 9.90 Å². The molecule has 0 aromatic heterocycles. The Bertz CT molecular complexity index is 316. The van der Waals surface area contributed by atoms with Crippen LogP contribution in [-0.2, 0) is 4.79 Å². The van der Waals surface area contributed by atoms with E-state index in [2.05, 4.69) is 24.5 Å². The highest BCUT2D eigenvalue weighted by atomic mass is 16.3. The molecule has 1 saturated heterocycles. The van der Waals surface area contributed by atoms with Gasteiger partial charge in [-0.25, -0.2) is 0 Å². The lowest BCUT2D eigenvalue weighted by Gasteiger charge is -2.36. The minimum atomic E-state index is -0.685. The van der Waals surface area contributed by atoms with Gasteiger partial charge in [-0.2, -0.15) is 0 Å². The first-order valence-electron chi connectivity index (χ1n) is 7.75. The van der Waals surface area contributed by atoms with Crippen molar-refractivity contribution in [1.29, 1.82) is 0 Å². The first kappa shape index (κ1) is 14.8. The molecule has 1 amide bonds. The maximum atomic E-state index is 12.4. The maximum absolute atomic E-state index is 12.4. The second-order valence-corrected chi connectivity index (χ2v) is 6.56. The lowest BCUT2D eigenvalue weighted by Crippen LogP contribution is -2.56. The summed E-state index contributed by atoms with van der Waals surface area (Å²) >= 11 is 0. The quantitative estimate of drug-likeness (QED) is 0.725. The van der Waals surface area contributed by atoms with Crippen LogP contribution in [0, 0.1) is 5.92 Å². The van der Waals surface area contributed by atoms with E-state index in [0.717, 1.165) is 51.5 Å². The summed E-state index contributed by atoms with van der Waals surface area (Å²) in [5, 5.41) is 16.8. The Morgan fingerprint density at radius 1 is 1.37 bits per heavy atom. The molecule has 1 saturated carbocycles. The molecule has 0 radical (unpaired) electrons. The van der Waals surface area contributed by atoms with E-state index in [9.17, 15) is 9.90 Å². The van der Waals surface area contributed by atoms with E-state index in [1.807, 2.05) is 0 Å². The smallest absolute Gasteiger partial charge is 0.240 e. The highest BCUT2D eigenvalue weighted by Gasteiger charge is 2.40. The van der Waals surface area contributed by atoms with Gasteiger partial charge in [-0.05, 0) is 57.4 Å². The van der Waals surface area contributed by atoms with E-state index in [-0.39, 0.29) is 5.91 Å². The molecule has 1 unspecified atom stereocenters. The van der Waals surface area contributed by atoms with Crippen LogP contribution in [0.25, 0.3) is 0 Å². The van der Waals surface area contributed by atoms with E-state index in [0.29, 0.717) is 12.5 Å². The Morgan fingerprint density at radius 3 is 2.58 bits per heavy atom. The number of hydrogen-bond acceptors (Lipinski definition) is 3. The average molecular weight is 268 g/mol. The minimum absolute atomic E-state index is 0.0690. The molecular formula is C15H28N2O2. The van der Waals surface area contributed by atoms with Gasteiger partial charge in [0, 0.05) is 6.54 Å². The van der Waals surface area contributed by atoms with Gasteiger partial charge in [0.2, 0.25) is 5.91 Å². The van der Waals surface area contributed by atoms with Crippen LogP contribution in [0.2, 0.25) is 0 Å². The Labute approximate surface area is 116 Å². The second kappa shape index (κ2) is 5.80. The van der Waals surface area contributed by atoms with Crippen molar-refractivity contribution in [3.05, 3.63) is 0 Å². The number of carbonyl (C=O) groups is 1. The van der Waals surface area contributed by atoms with Crippen LogP contribution in [-0.4, -0.2) is 35.2 Å². The summed E-state index contributed by atoms with van der Waals surface area (Å²) < 4.78 is 0. The molecule has 2 fully saturated rings. The summed E-state index contributed by atoms with van der Waals surface area (Å²) in [5.41, 5.74) is -1.08. The zero-order valence-electron chi connectivity index (χ0n) is 12.3. The Balaban J connectivity index is 1.86. The van der Waals surface area contributed by atoms with Crippen LogP contribution < -0.4 is 10.6 Å². The van der Waals surface area contributed by atoms with Crippen molar-refractivity contribution in [3.8, 4) is 0 Å². The van der Waals surface area contributed by atoms with Gasteiger partial charge in [0.25, 0.3) is 0 Å². The Morgan fingerprint density at radius 2 is 2.05 bits per heavy atom. The Hall–Kier alpha value is -0.610. The topological polar surface area (TPSA) is 61.4 Å². The van der Waals surface area contributed by atoms with Crippen LogP contribution in [0.15, 0.2) is 0 Å².